The molecule has 160 valence electrons. The summed E-state index contributed by atoms with van der Waals surface area (Å²) in [5.41, 5.74) is 2.42. The maximum Gasteiger partial charge on any atom is 0.264 e. The number of rotatable bonds is 6. The number of amides is 2. The Morgan fingerprint density at radius 2 is 2.06 bits per heavy atom. The van der Waals surface area contributed by atoms with Gasteiger partial charge in [-0.1, -0.05) is 42.8 Å². The Morgan fingerprint density at radius 1 is 1.23 bits per heavy atom. The number of thiophene rings is 1. The Balaban J connectivity index is 1.56. The molecule has 4 rings (SSSR count). The molecule has 7 heteroatoms. The van der Waals surface area contributed by atoms with Crippen LogP contribution >= 0.6 is 22.9 Å². The predicted molar refractivity (Wildman–Crippen MR) is 124 cm³/mol. The Morgan fingerprint density at radius 3 is 2.81 bits per heavy atom. The van der Waals surface area contributed by atoms with Gasteiger partial charge in [0.05, 0.1) is 6.42 Å². The van der Waals surface area contributed by atoms with Crippen LogP contribution < -0.4 is 10.1 Å². The van der Waals surface area contributed by atoms with E-state index in [4.69, 9.17) is 16.3 Å². The van der Waals surface area contributed by atoms with Crippen LogP contribution in [-0.4, -0.2) is 22.8 Å². The van der Waals surface area contributed by atoms with Crippen LogP contribution in [0.2, 0.25) is 5.02 Å². The van der Waals surface area contributed by atoms with E-state index in [0.29, 0.717) is 42.4 Å². The SMILES string of the molecule is CCC1Oc2ccc(NC(=O)Cc3cccs3)cc2CN(Cc2ccccc2Cl)C1=O. The van der Waals surface area contributed by atoms with E-state index in [1.807, 2.05) is 66.9 Å². The van der Waals surface area contributed by atoms with Gasteiger partial charge in [-0.3, -0.25) is 9.59 Å². The number of ether oxygens (including phenoxy) is 1. The van der Waals surface area contributed by atoms with E-state index >= 15 is 0 Å². The molecular weight excluding hydrogens is 432 g/mol. The highest BCUT2D eigenvalue weighted by Crippen LogP contribution is 2.31. The minimum atomic E-state index is -0.553. The molecule has 1 unspecified atom stereocenters. The molecule has 3 aromatic rings. The molecule has 31 heavy (non-hydrogen) atoms. The summed E-state index contributed by atoms with van der Waals surface area (Å²) in [5, 5.41) is 5.53. The van der Waals surface area contributed by atoms with Gasteiger partial charge in [0.2, 0.25) is 5.91 Å². The third-order valence-corrected chi connectivity index (χ3v) is 6.41. The molecule has 2 amide bonds. The number of nitrogens with zero attached hydrogens (tertiary/aromatic N) is 1. The van der Waals surface area contributed by atoms with Gasteiger partial charge >= 0.3 is 0 Å². The van der Waals surface area contributed by atoms with Crippen LogP contribution in [0.4, 0.5) is 5.69 Å². The van der Waals surface area contributed by atoms with Crippen molar-refractivity contribution in [3.05, 3.63) is 81.0 Å². The van der Waals surface area contributed by atoms with Crippen LogP contribution in [0.3, 0.4) is 0 Å². The number of halogens is 1. The summed E-state index contributed by atoms with van der Waals surface area (Å²) in [7, 11) is 0. The molecule has 0 aliphatic carbocycles. The number of nitrogens with one attached hydrogen (secondary N) is 1. The van der Waals surface area contributed by atoms with Crippen molar-refractivity contribution >= 4 is 40.4 Å². The molecule has 0 bridgehead atoms. The van der Waals surface area contributed by atoms with Crippen molar-refractivity contribution in [2.75, 3.05) is 5.32 Å². The van der Waals surface area contributed by atoms with Gasteiger partial charge in [0.1, 0.15) is 5.75 Å². The molecule has 1 aliphatic heterocycles. The smallest absolute Gasteiger partial charge is 0.264 e. The zero-order chi connectivity index (χ0) is 21.8. The molecule has 1 aliphatic rings. The van der Waals surface area contributed by atoms with Crippen LogP contribution in [0.1, 0.15) is 29.3 Å². The standard InChI is InChI=1S/C24H23ClN2O3S/c1-2-21-24(29)27(14-16-6-3-4-8-20(16)25)15-17-12-18(9-10-22(17)30-21)26-23(28)13-19-7-5-11-31-19/h3-12,21H,2,13-15H2,1H3,(H,26,28). The molecule has 0 saturated carbocycles. The number of hydrogen-bond donors (Lipinski definition) is 1. The van der Waals surface area contributed by atoms with Crippen molar-refractivity contribution < 1.29 is 14.3 Å². The summed E-state index contributed by atoms with van der Waals surface area (Å²) >= 11 is 7.88. The molecule has 5 nitrogen and oxygen atoms in total. The number of benzene rings is 2. The Bertz CT molecular complexity index is 1080. The molecule has 1 aromatic heterocycles. The molecule has 2 heterocycles. The number of carbonyl (C=O) groups is 2. The van der Waals surface area contributed by atoms with Gasteiger partial charge in [0.15, 0.2) is 6.10 Å². The Kier molecular flexibility index (Phi) is 6.59. The van der Waals surface area contributed by atoms with Crippen molar-refractivity contribution in [1.29, 1.82) is 0 Å². The topological polar surface area (TPSA) is 58.6 Å². The van der Waals surface area contributed by atoms with Crippen molar-refractivity contribution in [2.45, 2.75) is 39.0 Å². The predicted octanol–water partition coefficient (Wildman–Crippen LogP) is 5.28. The van der Waals surface area contributed by atoms with Crippen molar-refractivity contribution in [2.24, 2.45) is 0 Å². The van der Waals surface area contributed by atoms with Crippen molar-refractivity contribution in [3.63, 3.8) is 0 Å². The lowest BCUT2D eigenvalue weighted by Crippen LogP contribution is -2.38. The van der Waals surface area contributed by atoms with Crippen LogP contribution in [0.25, 0.3) is 0 Å². The first-order chi connectivity index (χ1) is 15.0. The monoisotopic (exact) mass is 454 g/mol. The fraction of sp³-hybridized carbons (Fsp3) is 0.250. The minimum Gasteiger partial charge on any atom is -0.480 e. The molecular formula is C24H23ClN2O3S. The van der Waals surface area contributed by atoms with Crippen LogP contribution in [0.5, 0.6) is 5.75 Å². The van der Waals surface area contributed by atoms with E-state index in [9.17, 15) is 9.59 Å². The van der Waals surface area contributed by atoms with Crippen molar-refractivity contribution in [3.8, 4) is 5.75 Å². The van der Waals surface area contributed by atoms with Gasteiger partial charge in [0, 0.05) is 34.2 Å². The average molecular weight is 455 g/mol. The zero-order valence-corrected chi connectivity index (χ0v) is 18.7. The molecule has 1 N–H and O–H groups in total. The molecule has 0 radical (unpaired) electrons. The van der Waals surface area contributed by atoms with E-state index < -0.39 is 6.10 Å². The van der Waals surface area contributed by atoms with E-state index in [1.165, 1.54) is 0 Å². The van der Waals surface area contributed by atoms with E-state index in [-0.39, 0.29) is 11.8 Å². The van der Waals surface area contributed by atoms with E-state index in [1.54, 1.807) is 16.2 Å². The second-order valence-corrected chi connectivity index (χ2v) is 8.87. The van der Waals surface area contributed by atoms with E-state index in [0.717, 1.165) is 16.0 Å². The maximum atomic E-state index is 13.1. The number of fused-ring (bicyclic) bond motifs is 1. The fourth-order valence-electron chi connectivity index (χ4n) is 3.59. The second-order valence-electron chi connectivity index (χ2n) is 7.43. The highest BCUT2D eigenvalue weighted by molar-refractivity contribution is 7.10. The second kappa shape index (κ2) is 9.54. The summed E-state index contributed by atoms with van der Waals surface area (Å²) in [6, 6.07) is 16.9. The lowest BCUT2D eigenvalue weighted by atomic mass is 10.1. The lowest BCUT2D eigenvalue weighted by molar-refractivity contribution is -0.139. The minimum absolute atomic E-state index is 0.0677. The first-order valence-electron chi connectivity index (χ1n) is 10.2. The largest absolute Gasteiger partial charge is 0.480 e. The van der Waals surface area contributed by atoms with Crippen LogP contribution in [-0.2, 0) is 29.1 Å². The zero-order valence-electron chi connectivity index (χ0n) is 17.1. The van der Waals surface area contributed by atoms with Gasteiger partial charge in [-0.25, -0.2) is 0 Å². The Labute approximate surface area is 190 Å². The molecule has 0 spiro atoms. The lowest BCUT2D eigenvalue weighted by Gasteiger charge is -2.23. The third-order valence-electron chi connectivity index (χ3n) is 5.17. The van der Waals surface area contributed by atoms with Gasteiger partial charge in [-0.2, -0.15) is 0 Å². The summed E-state index contributed by atoms with van der Waals surface area (Å²) in [4.78, 5) is 28.3. The quantitative estimate of drug-likeness (QED) is 0.551. The summed E-state index contributed by atoms with van der Waals surface area (Å²) in [6.45, 7) is 2.71. The molecule has 1 atom stereocenters. The summed E-state index contributed by atoms with van der Waals surface area (Å²) in [6.07, 6.45) is 0.347. The third kappa shape index (κ3) is 5.09. The van der Waals surface area contributed by atoms with Gasteiger partial charge in [-0.05, 0) is 47.7 Å². The van der Waals surface area contributed by atoms with Gasteiger partial charge in [0.25, 0.3) is 5.91 Å². The highest BCUT2D eigenvalue weighted by Gasteiger charge is 2.30. The van der Waals surface area contributed by atoms with Crippen LogP contribution in [0, 0.1) is 0 Å². The molecule has 0 saturated heterocycles. The summed E-state index contributed by atoms with van der Waals surface area (Å²) < 4.78 is 6.03. The average Bonchev–Trinajstić information content (AvgIpc) is 3.22. The molecule has 0 fully saturated rings. The van der Waals surface area contributed by atoms with Crippen LogP contribution in [0.15, 0.2) is 60.0 Å². The van der Waals surface area contributed by atoms with Crippen molar-refractivity contribution in [1.82, 2.24) is 4.90 Å². The summed E-state index contributed by atoms with van der Waals surface area (Å²) in [5.74, 6) is 0.521. The van der Waals surface area contributed by atoms with E-state index in [2.05, 4.69) is 5.32 Å². The number of hydrogen-bond acceptors (Lipinski definition) is 4. The first kappa shape index (κ1) is 21.4. The van der Waals surface area contributed by atoms with Gasteiger partial charge in [-0.15, -0.1) is 11.3 Å². The molecule has 2 aromatic carbocycles. The maximum absolute atomic E-state index is 13.1. The Hall–Kier alpha value is -2.83. The number of anilines is 1. The fourth-order valence-corrected chi connectivity index (χ4v) is 4.49. The normalized spacial score (nSPS) is 15.7. The van der Waals surface area contributed by atoms with Gasteiger partial charge < -0.3 is 15.0 Å². The highest BCUT2D eigenvalue weighted by atomic mass is 35.5. The first-order valence-corrected chi connectivity index (χ1v) is 11.4. The number of carbonyl (C=O) groups excluding carboxylic acids is 2.